The van der Waals surface area contributed by atoms with Crippen LogP contribution in [0.1, 0.15) is 31.1 Å². The van der Waals surface area contributed by atoms with Crippen LogP contribution in [0.5, 0.6) is 0 Å². The van der Waals surface area contributed by atoms with Crippen LogP contribution >= 0.6 is 11.6 Å². The molecule has 0 radical (unpaired) electrons. The van der Waals surface area contributed by atoms with E-state index in [-0.39, 0.29) is 17.9 Å². The summed E-state index contributed by atoms with van der Waals surface area (Å²) in [5.41, 5.74) is 7.57. The van der Waals surface area contributed by atoms with Crippen LogP contribution < -0.4 is 11.1 Å². The first-order chi connectivity index (χ1) is 11.9. The molecule has 1 atom stereocenters. The molecule has 0 unspecified atom stereocenters. The molecule has 0 bridgehead atoms. The Morgan fingerprint density at radius 1 is 1.44 bits per heavy atom. The van der Waals surface area contributed by atoms with Crippen molar-refractivity contribution in [3.05, 3.63) is 28.5 Å². The second-order valence-electron chi connectivity index (χ2n) is 6.45. The molecule has 2 aromatic rings. The fraction of sp³-hybridized carbons (Fsp3) is 0.444. The topological polar surface area (TPSA) is 88.6 Å². The minimum atomic E-state index is -0.364. The lowest BCUT2D eigenvalue weighted by Gasteiger charge is -2.31. The van der Waals surface area contributed by atoms with Gasteiger partial charge in [-0.25, -0.2) is 4.79 Å². The number of likely N-dealkylation sites (tertiary alicyclic amines) is 1. The van der Waals surface area contributed by atoms with Crippen LogP contribution in [0.3, 0.4) is 0 Å². The number of halogens is 1. The molecule has 3 N–H and O–H groups in total. The molecule has 1 aliphatic rings. The zero-order chi connectivity index (χ0) is 18.1. The lowest BCUT2D eigenvalue weighted by molar-refractivity contribution is -0.123. The summed E-state index contributed by atoms with van der Waals surface area (Å²) < 4.78 is 5.92. The number of hydrogen-bond acceptors (Lipinski definition) is 3. The van der Waals surface area contributed by atoms with Gasteiger partial charge in [-0.1, -0.05) is 18.5 Å². The summed E-state index contributed by atoms with van der Waals surface area (Å²) >= 11 is 6.21. The normalized spacial score (nSPS) is 17.7. The number of amides is 3. The SMILES string of the molecule is CCc1oc2c(NC(=O)N3CCC[C@@H](C(N)=O)C3)cc(Cl)cc2c1C. The molecule has 1 fully saturated rings. The monoisotopic (exact) mass is 363 g/mol. The first-order valence-electron chi connectivity index (χ1n) is 8.47. The number of carbonyl (C=O) groups is 2. The number of benzene rings is 1. The average molecular weight is 364 g/mol. The van der Waals surface area contributed by atoms with Gasteiger partial charge in [-0.05, 0) is 37.5 Å². The third-order valence-electron chi connectivity index (χ3n) is 4.77. The standard InChI is InChI=1S/C18H22ClN3O3/c1-3-15-10(2)13-7-12(19)8-14(16(13)25-15)21-18(24)22-6-4-5-11(9-22)17(20)23/h7-8,11H,3-6,9H2,1-2H3,(H2,20,23)(H,21,24)/t11-/m1/s1. The fourth-order valence-electron chi connectivity index (χ4n) is 3.35. The number of anilines is 1. The van der Waals surface area contributed by atoms with Crippen molar-refractivity contribution in [3.8, 4) is 0 Å². The van der Waals surface area contributed by atoms with E-state index < -0.39 is 0 Å². The molecule has 1 saturated heterocycles. The van der Waals surface area contributed by atoms with E-state index in [1.54, 1.807) is 11.0 Å². The van der Waals surface area contributed by atoms with Crippen molar-refractivity contribution in [1.29, 1.82) is 0 Å². The van der Waals surface area contributed by atoms with E-state index in [1.165, 1.54) is 0 Å². The van der Waals surface area contributed by atoms with Crippen molar-refractivity contribution in [2.45, 2.75) is 33.1 Å². The van der Waals surface area contributed by atoms with Gasteiger partial charge in [0.2, 0.25) is 5.91 Å². The van der Waals surface area contributed by atoms with E-state index in [0.29, 0.717) is 29.4 Å². The number of aryl methyl sites for hydroxylation is 2. The van der Waals surface area contributed by atoms with Crippen LogP contribution in [-0.4, -0.2) is 29.9 Å². The summed E-state index contributed by atoms with van der Waals surface area (Å²) in [5, 5.41) is 4.30. The molecular formula is C18H22ClN3O3. The summed E-state index contributed by atoms with van der Waals surface area (Å²) in [6.45, 7) is 4.93. The molecule has 3 amide bonds. The van der Waals surface area contributed by atoms with Gasteiger partial charge in [0.15, 0.2) is 5.58 Å². The summed E-state index contributed by atoms with van der Waals surface area (Å²) in [4.78, 5) is 25.6. The molecule has 7 heteroatoms. The number of furan rings is 1. The highest BCUT2D eigenvalue weighted by Crippen LogP contribution is 2.34. The van der Waals surface area contributed by atoms with E-state index in [0.717, 1.165) is 36.0 Å². The van der Waals surface area contributed by atoms with Gasteiger partial charge in [0.1, 0.15) is 5.76 Å². The van der Waals surface area contributed by atoms with Crippen LogP contribution in [0, 0.1) is 12.8 Å². The number of primary amides is 1. The summed E-state index contributed by atoms with van der Waals surface area (Å²) in [6.07, 6.45) is 2.24. The van der Waals surface area contributed by atoms with Crippen LogP contribution in [0.2, 0.25) is 5.02 Å². The molecule has 1 aliphatic heterocycles. The zero-order valence-corrected chi connectivity index (χ0v) is 15.2. The minimum Gasteiger partial charge on any atom is -0.459 e. The van der Waals surface area contributed by atoms with Crippen LogP contribution in [-0.2, 0) is 11.2 Å². The third kappa shape index (κ3) is 3.44. The number of fused-ring (bicyclic) bond motifs is 1. The van der Waals surface area contributed by atoms with Gasteiger partial charge in [0.25, 0.3) is 0 Å². The number of urea groups is 1. The molecule has 0 saturated carbocycles. The summed E-state index contributed by atoms with van der Waals surface area (Å²) in [7, 11) is 0. The number of piperidine rings is 1. The van der Waals surface area contributed by atoms with E-state index in [2.05, 4.69) is 5.32 Å². The second kappa shape index (κ2) is 6.96. The minimum absolute atomic E-state index is 0.276. The Morgan fingerprint density at radius 2 is 2.20 bits per heavy atom. The molecule has 134 valence electrons. The number of hydrogen-bond donors (Lipinski definition) is 2. The van der Waals surface area contributed by atoms with Crippen molar-refractivity contribution in [2.24, 2.45) is 11.7 Å². The molecule has 2 heterocycles. The molecule has 0 spiro atoms. The van der Waals surface area contributed by atoms with Crippen molar-refractivity contribution >= 4 is 40.2 Å². The Labute approximate surface area is 151 Å². The molecule has 1 aromatic carbocycles. The summed E-state index contributed by atoms with van der Waals surface area (Å²) in [5.74, 6) is 0.216. The predicted molar refractivity (Wildman–Crippen MR) is 97.8 cm³/mol. The predicted octanol–water partition coefficient (Wildman–Crippen LogP) is 3.69. The third-order valence-corrected chi connectivity index (χ3v) is 4.99. The maximum absolute atomic E-state index is 12.6. The number of nitrogens with two attached hydrogens (primary N) is 1. The average Bonchev–Trinajstić information content (AvgIpc) is 2.91. The molecule has 6 nitrogen and oxygen atoms in total. The number of rotatable bonds is 3. The maximum Gasteiger partial charge on any atom is 0.321 e. The van der Waals surface area contributed by atoms with Gasteiger partial charge in [-0.3, -0.25) is 4.79 Å². The van der Waals surface area contributed by atoms with Gasteiger partial charge in [-0.2, -0.15) is 0 Å². The maximum atomic E-state index is 12.6. The zero-order valence-electron chi connectivity index (χ0n) is 14.4. The number of nitrogens with zero attached hydrogens (tertiary/aromatic N) is 1. The van der Waals surface area contributed by atoms with Gasteiger partial charge >= 0.3 is 6.03 Å². The Morgan fingerprint density at radius 3 is 2.88 bits per heavy atom. The highest BCUT2D eigenvalue weighted by molar-refractivity contribution is 6.32. The largest absolute Gasteiger partial charge is 0.459 e. The van der Waals surface area contributed by atoms with Crippen molar-refractivity contribution < 1.29 is 14.0 Å². The quantitative estimate of drug-likeness (QED) is 0.871. The van der Waals surface area contributed by atoms with Crippen molar-refractivity contribution in [1.82, 2.24) is 4.90 Å². The van der Waals surface area contributed by atoms with Crippen LogP contribution in [0.15, 0.2) is 16.5 Å². The van der Waals surface area contributed by atoms with Gasteiger partial charge < -0.3 is 20.4 Å². The van der Waals surface area contributed by atoms with E-state index in [9.17, 15) is 9.59 Å². The molecule has 0 aliphatic carbocycles. The first kappa shape index (κ1) is 17.6. The van der Waals surface area contributed by atoms with E-state index in [4.69, 9.17) is 21.8 Å². The highest BCUT2D eigenvalue weighted by Gasteiger charge is 2.27. The van der Waals surface area contributed by atoms with Gasteiger partial charge in [0.05, 0.1) is 11.6 Å². The van der Waals surface area contributed by atoms with Gasteiger partial charge in [0, 0.05) is 29.9 Å². The van der Waals surface area contributed by atoms with Crippen LogP contribution in [0.4, 0.5) is 10.5 Å². The Bertz CT molecular complexity index is 831. The Kier molecular flexibility index (Phi) is 4.90. The summed E-state index contributed by atoms with van der Waals surface area (Å²) in [6, 6.07) is 3.25. The lowest BCUT2D eigenvalue weighted by atomic mass is 9.98. The van der Waals surface area contributed by atoms with Crippen LogP contribution in [0.25, 0.3) is 11.0 Å². The molecule has 25 heavy (non-hydrogen) atoms. The first-order valence-corrected chi connectivity index (χ1v) is 8.85. The Hall–Kier alpha value is -2.21. The number of carbonyl (C=O) groups excluding carboxylic acids is 2. The highest BCUT2D eigenvalue weighted by atomic mass is 35.5. The fourth-order valence-corrected chi connectivity index (χ4v) is 3.57. The van der Waals surface area contributed by atoms with E-state index >= 15 is 0 Å². The molecule has 3 rings (SSSR count). The molecular weight excluding hydrogens is 342 g/mol. The molecule has 1 aromatic heterocycles. The smallest absolute Gasteiger partial charge is 0.321 e. The van der Waals surface area contributed by atoms with Crippen molar-refractivity contribution in [3.63, 3.8) is 0 Å². The Balaban J connectivity index is 1.87. The number of nitrogens with one attached hydrogen (secondary N) is 1. The van der Waals surface area contributed by atoms with E-state index in [1.807, 2.05) is 19.9 Å². The lowest BCUT2D eigenvalue weighted by Crippen LogP contribution is -2.45. The van der Waals surface area contributed by atoms with Crippen molar-refractivity contribution in [2.75, 3.05) is 18.4 Å². The second-order valence-corrected chi connectivity index (χ2v) is 6.89. The van der Waals surface area contributed by atoms with Gasteiger partial charge in [-0.15, -0.1) is 0 Å².